The summed E-state index contributed by atoms with van der Waals surface area (Å²) in [5.41, 5.74) is -1.11. The molecule has 4 N–H and O–H groups in total. The first-order valence-electron chi connectivity index (χ1n) is 4.30. The molecule has 0 atom stereocenters. The van der Waals surface area contributed by atoms with Gasteiger partial charge in [0.15, 0.2) is 9.84 Å². The average Bonchev–Trinajstić information content (AvgIpc) is 2.34. The molecule has 0 aromatic carbocycles. The summed E-state index contributed by atoms with van der Waals surface area (Å²) in [7, 11) is -3.13. The molecule has 0 unspecified atom stereocenters. The zero-order valence-electron chi connectivity index (χ0n) is 8.91. The summed E-state index contributed by atoms with van der Waals surface area (Å²) < 4.78 is 20.3. The Balaban J connectivity index is 0. The SMILES string of the molecule is C=CS(=O)(=O)C=C.OCC(CO)(CO)CO. The zero-order valence-corrected chi connectivity index (χ0v) is 9.73. The molecule has 0 saturated carbocycles. The van der Waals surface area contributed by atoms with Crippen LogP contribution in [0.25, 0.3) is 0 Å². The van der Waals surface area contributed by atoms with Gasteiger partial charge in [-0.1, -0.05) is 13.2 Å². The lowest BCUT2D eigenvalue weighted by Crippen LogP contribution is -2.37. The number of aliphatic hydroxyl groups is 4. The molecule has 0 radical (unpaired) electrons. The first-order chi connectivity index (χ1) is 7.36. The van der Waals surface area contributed by atoms with Crippen molar-refractivity contribution in [3.05, 3.63) is 24.0 Å². The van der Waals surface area contributed by atoms with E-state index in [0.29, 0.717) is 0 Å². The van der Waals surface area contributed by atoms with Crippen LogP contribution in [0.5, 0.6) is 0 Å². The summed E-state index contributed by atoms with van der Waals surface area (Å²) in [6, 6.07) is 0. The Kier molecular flexibility index (Phi) is 9.30. The predicted molar refractivity (Wildman–Crippen MR) is 60.1 cm³/mol. The highest BCUT2D eigenvalue weighted by Crippen LogP contribution is 2.11. The highest BCUT2D eigenvalue weighted by Gasteiger charge is 2.26. The third-order valence-corrected chi connectivity index (χ3v) is 2.74. The van der Waals surface area contributed by atoms with Gasteiger partial charge in [-0.2, -0.15) is 0 Å². The van der Waals surface area contributed by atoms with Crippen molar-refractivity contribution in [2.75, 3.05) is 26.4 Å². The standard InChI is InChI=1S/C5H12O4.C4H6O2S/c6-1-5(2-7,3-8)4-9;1-3-7(5,6)4-2/h6-9H,1-4H2;3-4H,1-2H2. The Bertz CT molecular complexity index is 260. The molecule has 0 fully saturated rings. The van der Waals surface area contributed by atoms with Gasteiger partial charge in [0.2, 0.25) is 0 Å². The van der Waals surface area contributed by atoms with E-state index >= 15 is 0 Å². The smallest absolute Gasteiger partial charge is 0.191 e. The van der Waals surface area contributed by atoms with Crippen molar-refractivity contribution in [1.82, 2.24) is 0 Å². The van der Waals surface area contributed by atoms with E-state index in [1.807, 2.05) is 0 Å². The van der Waals surface area contributed by atoms with Crippen LogP contribution in [0.2, 0.25) is 0 Å². The van der Waals surface area contributed by atoms with Crippen LogP contribution in [-0.4, -0.2) is 55.3 Å². The van der Waals surface area contributed by atoms with Crippen molar-refractivity contribution in [2.45, 2.75) is 0 Å². The van der Waals surface area contributed by atoms with Gasteiger partial charge in [-0.05, 0) is 0 Å². The minimum atomic E-state index is -3.13. The Morgan fingerprint density at radius 2 is 1.12 bits per heavy atom. The van der Waals surface area contributed by atoms with Crippen LogP contribution in [0.4, 0.5) is 0 Å². The molecule has 0 amide bonds. The van der Waals surface area contributed by atoms with Gasteiger partial charge in [0.1, 0.15) is 0 Å². The highest BCUT2D eigenvalue weighted by molar-refractivity contribution is 7.97. The normalized spacial score (nSPS) is 11.2. The Morgan fingerprint density at radius 3 is 1.12 bits per heavy atom. The number of sulfone groups is 1. The number of hydrogen-bond acceptors (Lipinski definition) is 6. The minimum Gasteiger partial charge on any atom is -0.396 e. The monoisotopic (exact) mass is 254 g/mol. The van der Waals surface area contributed by atoms with Gasteiger partial charge >= 0.3 is 0 Å². The van der Waals surface area contributed by atoms with Gasteiger partial charge in [-0.15, -0.1) is 0 Å². The van der Waals surface area contributed by atoms with Crippen LogP contribution in [0.3, 0.4) is 0 Å². The van der Waals surface area contributed by atoms with Crippen molar-refractivity contribution in [1.29, 1.82) is 0 Å². The van der Waals surface area contributed by atoms with E-state index in [1.165, 1.54) is 0 Å². The van der Waals surface area contributed by atoms with Gasteiger partial charge in [0.05, 0.1) is 31.8 Å². The number of aliphatic hydroxyl groups excluding tert-OH is 4. The Labute approximate surface area is 95.1 Å². The molecule has 96 valence electrons. The van der Waals surface area contributed by atoms with Gasteiger partial charge in [-0.3, -0.25) is 0 Å². The molecule has 16 heavy (non-hydrogen) atoms. The fourth-order valence-electron chi connectivity index (χ4n) is 0.368. The van der Waals surface area contributed by atoms with Crippen LogP contribution in [0.15, 0.2) is 24.0 Å². The first kappa shape index (κ1) is 17.7. The maximum Gasteiger partial charge on any atom is 0.191 e. The Morgan fingerprint density at radius 1 is 0.875 bits per heavy atom. The third kappa shape index (κ3) is 6.70. The number of rotatable bonds is 6. The van der Waals surface area contributed by atoms with Crippen molar-refractivity contribution < 1.29 is 28.8 Å². The second kappa shape index (κ2) is 8.43. The first-order valence-corrected chi connectivity index (χ1v) is 5.91. The highest BCUT2D eigenvalue weighted by atomic mass is 32.2. The average molecular weight is 254 g/mol. The lowest BCUT2D eigenvalue weighted by Gasteiger charge is -2.23. The molecule has 0 aliphatic rings. The summed E-state index contributed by atoms with van der Waals surface area (Å²) in [5, 5.41) is 35.7. The van der Waals surface area contributed by atoms with Crippen LogP contribution in [0.1, 0.15) is 0 Å². The third-order valence-electron chi connectivity index (χ3n) is 1.81. The minimum absolute atomic E-state index is 0.406. The van der Waals surface area contributed by atoms with E-state index in [1.54, 1.807) is 0 Å². The summed E-state index contributed by atoms with van der Waals surface area (Å²) >= 11 is 0. The maximum atomic E-state index is 10.1. The summed E-state index contributed by atoms with van der Waals surface area (Å²) in [6.45, 7) is 4.46. The second-order valence-corrected chi connectivity index (χ2v) is 4.90. The molecule has 0 aliphatic carbocycles. The van der Waals surface area contributed by atoms with Gasteiger partial charge < -0.3 is 20.4 Å². The molecule has 0 aromatic heterocycles. The quantitative estimate of drug-likeness (QED) is 0.465. The van der Waals surface area contributed by atoms with Crippen LogP contribution >= 0.6 is 0 Å². The molecule has 0 aliphatic heterocycles. The van der Waals surface area contributed by atoms with E-state index in [0.717, 1.165) is 10.8 Å². The van der Waals surface area contributed by atoms with Crippen molar-refractivity contribution >= 4 is 9.84 Å². The topological polar surface area (TPSA) is 115 Å². The fourth-order valence-corrected chi connectivity index (χ4v) is 0.504. The van der Waals surface area contributed by atoms with Crippen molar-refractivity contribution in [3.63, 3.8) is 0 Å². The predicted octanol–water partition coefficient (Wildman–Crippen LogP) is -1.37. The molecule has 7 heteroatoms. The van der Waals surface area contributed by atoms with E-state index in [2.05, 4.69) is 13.2 Å². The maximum absolute atomic E-state index is 10.1. The van der Waals surface area contributed by atoms with Crippen molar-refractivity contribution in [3.8, 4) is 0 Å². The molecule has 0 saturated heterocycles. The van der Waals surface area contributed by atoms with Gasteiger partial charge in [-0.25, -0.2) is 8.42 Å². The van der Waals surface area contributed by atoms with Crippen molar-refractivity contribution in [2.24, 2.45) is 5.41 Å². The fraction of sp³-hybridized carbons (Fsp3) is 0.556. The molecular weight excluding hydrogens is 236 g/mol. The van der Waals surface area contributed by atoms with Crippen LogP contribution in [-0.2, 0) is 9.84 Å². The molecule has 6 nitrogen and oxygen atoms in total. The molecule has 0 bridgehead atoms. The molecule has 0 rings (SSSR count). The largest absolute Gasteiger partial charge is 0.396 e. The van der Waals surface area contributed by atoms with Crippen LogP contribution in [0, 0.1) is 5.41 Å². The van der Waals surface area contributed by atoms with Gasteiger partial charge in [0.25, 0.3) is 0 Å². The summed E-state index contributed by atoms with van der Waals surface area (Å²) in [6.07, 6.45) is 0. The molecular formula is C9H18O6S. The van der Waals surface area contributed by atoms with E-state index in [9.17, 15) is 8.42 Å². The summed E-state index contributed by atoms with van der Waals surface area (Å²) in [5.74, 6) is 0. The van der Waals surface area contributed by atoms with Gasteiger partial charge in [0, 0.05) is 10.8 Å². The number of hydrogen-bond donors (Lipinski definition) is 4. The zero-order chi connectivity index (χ0) is 13.2. The van der Waals surface area contributed by atoms with E-state index in [4.69, 9.17) is 20.4 Å². The van der Waals surface area contributed by atoms with Crippen LogP contribution < -0.4 is 0 Å². The lowest BCUT2D eigenvalue weighted by molar-refractivity contribution is -0.0328. The molecule has 0 aromatic rings. The van der Waals surface area contributed by atoms with E-state index in [-0.39, 0.29) is 0 Å². The summed E-state index contributed by atoms with van der Waals surface area (Å²) in [4.78, 5) is 0. The van der Waals surface area contributed by atoms with E-state index < -0.39 is 41.7 Å². The molecule has 0 heterocycles. The Hall–Kier alpha value is -0.730. The second-order valence-electron chi connectivity index (χ2n) is 3.05. The lowest BCUT2D eigenvalue weighted by atomic mass is 9.93. The molecule has 0 spiro atoms.